The topological polar surface area (TPSA) is 52.0 Å². The fourth-order valence-corrected chi connectivity index (χ4v) is 2.60. The van der Waals surface area contributed by atoms with E-state index in [0.717, 1.165) is 38.4 Å². The molecule has 1 N–H and O–H groups in total. The predicted molar refractivity (Wildman–Crippen MR) is 77.0 cm³/mol. The summed E-state index contributed by atoms with van der Waals surface area (Å²) in [6.07, 6.45) is 5.34. The van der Waals surface area contributed by atoms with Crippen molar-refractivity contribution in [3.05, 3.63) is 23.9 Å². The molecule has 0 spiro atoms. The number of anilines is 1. The van der Waals surface area contributed by atoms with E-state index in [0.29, 0.717) is 11.5 Å². The lowest BCUT2D eigenvalue weighted by atomic mass is 9.99. The van der Waals surface area contributed by atoms with Gasteiger partial charge in [0.05, 0.1) is 5.56 Å². The van der Waals surface area contributed by atoms with Gasteiger partial charge in [-0.3, -0.25) is 0 Å². The lowest BCUT2D eigenvalue weighted by Gasteiger charge is -2.30. The molecule has 2 rings (SSSR count). The summed E-state index contributed by atoms with van der Waals surface area (Å²) >= 11 is 0. The van der Waals surface area contributed by atoms with Gasteiger partial charge < -0.3 is 10.2 Å². The molecule has 1 aromatic rings. The lowest BCUT2D eigenvalue weighted by Crippen LogP contribution is -2.39. The van der Waals surface area contributed by atoms with E-state index in [9.17, 15) is 0 Å². The summed E-state index contributed by atoms with van der Waals surface area (Å²) in [5.74, 6) is 1.70. The molecule has 102 valence electrons. The van der Waals surface area contributed by atoms with Crippen LogP contribution >= 0.6 is 0 Å². The molecule has 1 atom stereocenters. The van der Waals surface area contributed by atoms with E-state index in [1.807, 2.05) is 12.1 Å². The Labute approximate surface area is 115 Å². The molecule has 0 saturated carbocycles. The van der Waals surface area contributed by atoms with E-state index in [1.54, 1.807) is 6.20 Å². The van der Waals surface area contributed by atoms with Crippen LogP contribution in [-0.2, 0) is 0 Å². The fraction of sp³-hybridized carbons (Fsp3) is 0.600. The van der Waals surface area contributed by atoms with E-state index < -0.39 is 0 Å². The van der Waals surface area contributed by atoms with Crippen molar-refractivity contribution in [3.63, 3.8) is 0 Å². The highest BCUT2D eigenvalue weighted by molar-refractivity contribution is 5.41. The summed E-state index contributed by atoms with van der Waals surface area (Å²) in [5.41, 5.74) is 0.625. The van der Waals surface area contributed by atoms with Crippen LogP contribution in [0.4, 0.5) is 5.82 Å². The SMILES string of the molecule is CCCN(CC1CCCNC1)c1ccc(C#N)cn1. The summed E-state index contributed by atoms with van der Waals surface area (Å²) in [6, 6.07) is 5.93. The normalized spacial score (nSPS) is 18.8. The third kappa shape index (κ3) is 3.93. The average molecular weight is 258 g/mol. The summed E-state index contributed by atoms with van der Waals surface area (Å²) < 4.78 is 0. The molecule has 1 aliphatic heterocycles. The van der Waals surface area contributed by atoms with E-state index in [-0.39, 0.29) is 0 Å². The maximum atomic E-state index is 8.82. The van der Waals surface area contributed by atoms with E-state index in [4.69, 9.17) is 5.26 Å². The number of pyridine rings is 1. The number of nitrogens with zero attached hydrogens (tertiary/aromatic N) is 3. The van der Waals surface area contributed by atoms with Crippen LogP contribution in [0.5, 0.6) is 0 Å². The quantitative estimate of drug-likeness (QED) is 0.879. The number of piperidine rings is 1. The molecule has 1 aliphatic rings. The van der Waals surface area contributed by atoms with Gasteiger partial charge in [0, 0.05) is 19.3 Å². The monoisotopic (exact) mass is 258 g/mol. The Morgan fingerprint density at radius 1 is 1.53 bits per heavy atom. The van der Waals surface area contributed by atoms with E-state index in [1.165, 1.54) is 12.8 Å². The summed E-state index contributed by atoms with van der Waals surface area (Å²) in [4.78, 5) is 6.76. The lowest BCUT2D eigenvalue weighted by molar-refractivity contribution is 0.376. The first kappa shape index (κ1) is 13.8. The maximum Gasteiger partial charge on any atom is 0.128 e. The van der Waals surface area contributed by atoms with Crippen molar-refractivity contribution >= 4 is 5.82 Å². The largest absolute Gasteiger partial charge is 0.356 e. The first-order valence-electron chi connectivity index (χ1n) is 7.15. The molecule has 0 amide bonds. The van der Waals surface area contributed by atoms with Gasteiger partial charge in [-0.1, -0.05) is 6.92 Å². The molecule has 0 aliphatic carbocycles. The van der Waals surface area contributed by atoms with Crippen molar-refractivity contribution in [3.8, 4) is 6.07 Å². The van der Waals surface area contributed by atoms with Gasteiger partial charge in [-0.05, 0) is 50.4 Å². The average Bonchev–Trinajstić information content (AvgIpc) is 2.48. The Kier molecular flexibility index (Phi) is 5.17. The second-order valence-electron chi connectivity index (χ2n) is 5.18. The van der Waals surface area contributed by atoms with Gasteiger partial charge in [-0.25, -0.2) is 4.98 Å². The van der Waals surface area contributed by atoms with E-state index >= 15 is 0 Å². The van der Waals surface area contributed by atoms with Crippen molar-refractivity contribution < 1.29 is 0 Å². The number of rotatable bonds is 5. The van der Waals surface area contributed by atoms with Gasteiger partial charge in [0.25, 0.3) is 0 Å². The minimum atomic E-state index is 0.625. The van der Waals surface area contributed by atoms with Crippen LogP contribution < -0.4 is 10.2 Å². The molecule has 2 heterocycles. The number of nitrogens with one attached hydrogen (secondary N) is 1. The zero-order valence-corrected chi connectivity index (χ0v) is 11.6. The molecule has 19 heavy (non-hydrogen) atoms. The van der Waals surface area contributed by atoms with E-state index in [2.05, 4.69) is 28.2 Å². The van der Waals surface area contributed by atoms with Crippen LogP contribution in [0.3, 0.4) is 0 Å². The molecule has 1 saturated heterocycles. The van der Waals surface area contributed by atoms with Crippen molar-refractivity contribution in [2.75, 3.05) is 31.1 Å². The van der Waals surface area contributed by atoms with Crippen LogP contribution in [0.25, 0.3) is 0 Å². The molecule has 4 nitrogen and oxygen atoms in total. The molecule has 0 bridgehead atoms. The smallest absolute Gasteiger partial charge is 0.128 e. The first-order valence-corrected chi connectivity index (χ1v) is 7.15. The van der Waals surface area contributed by atoms with Crippen molar-refractivity contribution in [2.24, 2.45) is 5.92 Å². The molecular weight excluding hydrogens is 236 g/mol. The van der Waals surface area contributed by atoms with Crippen molar-refractivity contribution in [1.29, 1.82) is 5.26 Å². The van der Waals surface area contributed by atoms with Gasteiger partial charge in [-0.2, -0.15) is 5.26 Å². The van der Waals surface area contributed by atoms with Gasteiger partial charge in [0.1, 0.15) is 11.9 Å². The third-order valence-electron chi connectivity index (χ3n) is 3.57. The molecular formula is C15H22N4. The second-order valence-corrected chi connectivity index (χ2v) is 5.18. The Bertz CT molecular complexity index is 415. The number of aromatic nitrogens is 1. The van der Waals surface area contributed by atoms with Crippen LogP contribution in [0.2, 0.25) is 0 Å². The molecule has 1 unspecified atom stereocenters. The molecule has 1 fully saturated rings. The standard InChI is InChI=1S/C15H22N4/c1-2-8-19(12-14-4-3-7-17-10-14)15-6-5-13(9-16)11-18-15/h5-6,11,14,17H,2-4,7-8,10,12H2,1H3. The van der Waals surface area contributed by atoms with Crippen LogP contribution in [-0.4, -0.2) is 31.2 Å². The Balaban J connectivity index is 2.03. The van der Waals surface area contributed by atoms with Crippen molar-refractivity contribution in [2.45, 2.75) is 26.2 Å². The highest BCUT2D eigenvalue weighted by atomic mass is 15.2. The zero-order valence-electron chi connectivity index (χ0n) is 11.6. The highest BCUT2D eigenvalue weighted by Gasteiger charge is 2.17. The highest BCUT2D eigenvalue weighted by Crippen LogP contribution is 2.17. The number of hydrogen-bond acceptors (Lipinski definition) is 4. The van der Waals surface area contributed by atoms with Gasteiger partial charge in [0.15, 0.2) is 0 Å². The van der Waals surface area contributed by atoms with Crippen molar-refractivity contribution in [1.82, 2.24) is 10.3 Å². The first-order chi connectivity index (χ1) is 9.33. The Morgan fingerprint density at radius 2 is 2.42 bits per heavy atom. The minimum Gasteiger partial charge on any atom is -0.356 e. The maximum absolute atomic E-state index is 8.82. The van der Waals surface area contributed by atoms with Gasteiger partial charge in [-0.15, -0.1) is 0 Å². The predicted octanol–water partition coefficient (Wildman–Crippen LogP) is 2.17. The van der Waals surface area contributed by atoms with Gasteiger partial charge in [0.2, 0.25) is 0 Å². The minimum absolute atomic E-state index is 0.625. The summed E-state index contributed by atoms with van der Waals surface area (Å²) in [5, 5.41) is 12.3. The molecule has 4 heteroatoms. The third-order valence-corrected chi connectivity index (χ3v) is 3.57. The molecule has 1 aromatic heterocycles. The fourth-order valence-electron chi connectivity index (χ4n) is 2.60. The summed E-state index contributed by atoms with van der Waals surface area (Å²) in [7, 11) is 0. The summed E-state index contributed by atoms with van der Waals surface area (Å²) in [6.45, 7) is 6.53. The Morgan fingerprint density at radius 3 is 3.00 bits per heavy atom. The number of nitriles is 1. The zero-order chi connectivity index (χ0) is 13.5. The molecule has 0 radical (unpaired) electrons. The van der Waals surface area contributed by atoms with Gasteiger partial charge >= 0.3 is 0 Å². The van der Waals surface area contributed by atoms with Crippen LogP contribution in [0.1, 0.15) is 31.7 Å². The molecule has 0 aromatic carbocycles. The Hall–Kier alpha value is -1.60. The van der Waals surface area contributed by atoms with Crippen LogP contribution in [0.15, 0.2) is 18.3 Å². The van der Waals surface area contributed by atoms with Crippen LogP contribution in [0, 0.1) is 17.2 Å². The number of hydrogen-bond donors (Lipinski definition) is 1. The second kappa shape index (κ2) is 7.10.